The van der Waals surface area contributed by atoms with Crippen LogP contribution in [0.3, 0.4) is 0 Å². The highest BCUT2D eigenvalue weighted by Crippen LogP contribution is 1.99. The lowest BCUT2D eigenvalue weighted by Gasteiger charge is -2.25. The van der Waals surface area contributed by atoms with Gasteiger partial charge in [-0.05, 0) is 13.5 Å². The van der Waals surface area contributed by atoms with Gasteiger partial charge in [0.1, 0.15) is 0 Å². The molecule has 0 spiro atoms. The Labute approximate surface area is 96.1 Å². The molecule has 5 nitrogen and oxygen atoms in total. The number of esters is 1. The van der Waals surface area contributed by atoms with Gasteiger partial charge in [-0.15, -0.1) is 6.42 Å². The summed E-state index contributed by atoms with van der Waals surface area (Å²) in [5.41, 5.74) is 0. The summed E-state index contributed by atoms with van der Waals surface area (Å²) in [6.45, 7) is 4.46. The molecule has 90 valence electrons. The fraction of sp³-hybridized carbons (Fsp3) is 0.636. The third kappa shape index (κ3) is 4.80. The van der Waals surface area contributed by atoms with Crippen LogP contribution < -0.4 is 5.32 Å². The maximum atomic E-state index is 11.6. The number of methoxy groups -OCH3 is 1. The summed E-state index contributed by atoms with van der Waals surface area (Å²) in [4.78, 5) is 24.4. The number of carbonyl (C=O) groups is 2. The van der Waals surface area contributed by atoms with Gasteiger partial charge in [-0.1, -0.05) is 12.8 Å². The van der Waals surface area contributed by atoms with Crippen LogP contribution in [0.4, 0.5) is 0 Å². The minimum atomic E-state index is -0.405. The van der Waals surface area contributed by atoms with E-state index in [1.165, 1.54) is 7.11 Å². The second-order valence-electron chi connectivity index (χ2n) is 3.24. The van der Waals surface area contributed by atoms with E-state index in [0.29, 0.717) is 6.54 Å². The topological polar surface area (TPSA) is 58.6 Å². The second kappa shape index (κ2) is 7.71. The molecule has 0 saturated heterocycles. The molecular weight excluding hydrogens is 208 g/mol. The van der Waals surface area contributed by atoms with E-state index in [4.69, 9.17) is 6.42 Å². The Balaban J connectivity index is 4.29. The first-order valence-corrected chi connectivity index (χ1v) is 5.08. The summed E-state index contributed by atoms with van der Waals surface area (Å²) < 4.78 is 4.55. The van der Waals surface area contributed by atoms with Gasteiger partial charge in [0.25, 0.3) is 0 Å². The van der Waals surface area contributed by atoms with E-state index in [-0.39, 0.29) is 25.0 Å². The highest BCUT2D eigenvalue weighted by atomic mass is 16.5. The van der Waals surface area contributed by atoms with E-state index in [2.05, 4.69) is 16.0 Å². The minimum absolute atomic E-state index is 0.0949. The van der Waals surface area contributed by atoms with Crippen LogP contribution in [-0.2, 0) is 14.3 Å². The predicted molar refractivity (Wildman–Crippen MR) is 60.6 cm³/mol. The Hall–Kier alpha value is -1.54. The van der Waals surface area contributed by atoms with Gasteiger partial charge in [0.15, 0.2) is 0 Å². The van der Waals surface area contributed by atoms with Crippen molar-refractivity contribution in [2.75, 3.05) is 26.7 Å². The monoisotopic (exact) mass is 226 g/mol. The Morgan fingerprint density at radius 2 is 2.19 bits per heavy atom. The molecule has 1 amide bonds. The van der Waals surface area contributed by atoms with E-state index in [9.17, 15) is 9.59 Å². The van der Waals surface area contributed by atoms with Gasteiger partial charge in [0.05, 0.1) is 26.2 Å². The number of ether oxygens (including phenoxy) is 1. The number of rotatable bonds is 6. The summed E-state index contributed by atoms with van der Waals surface area (Å²) in [7, 11) is 1.32. The van der Waals surface area contributed by atoms with E-state index in [1.807, 2.05) is 6.92 Å². The molecule has 0 aromatic carbocycles. The third-order valence-electron chi connectivity index (χ3n) is 2.26. The standard InChI is InChI=1S/C11H18N2O3/c1-5-7-12-11(15)9(3)13(6-2)8-10(14)16-4/h1,9H,6-8H2,2-4H3,(H,12,15). The van der Waals surface area contributed by atoms with Crippen molar-refractivity contribution in [3.05, 3.63) is 0 Å². The first-order chi connectivity index (χ1) is 7.56. The zero-order valence-electron chi connectivity index (χ0n) is 9.95. The Bertz CT molecular complexity index is 283. The summed E-state index contributed by atoms with van der Waals surface area (Å²) in [5, 5.41) is 2.57. The molecule has 0 aromatic heterocycles. The Morgan fingerprint density at radius 3 is 2.62 bits per heavy atom. The van der Waals surface area contributed by atoms with Crippen molar-refractivity contribution >= 4 is 11.9 Å². The van der Waals surface area contributed by atoms with Crippen molar-refractivity contribution in [2.24, 2.45) is 0 Å². The van der Waals surface area contributed by atoms with Crippen LogP contribution in [0.5, 0.6) is 0 Å². The van der Waals surface area contributed by atoms with Crippen molar-refractivity contribution in [1.82, 2.24) is 10.2 Å². The van der Waals surface area contributed by atoms with Gasteiger partial charge >= 0.3 is 5.97 Å². The van der Waals surface area contributed by atoms with Gasteiger partial charge < -0.3 is 10.1 Å². The molecule has 0 radical (unpaired) electrons. The molecular formula is C11H18N2O3. The van der Waals surface area contributed by atoms with Crippen LogP contribution >= 0.6 is 0 Å². The molecule has 1 atom stereocenters. The number of hydrogen-bond donors (Lipinski definition) is 1. The molecule has 0 rings (SSSR count). The maximum absolute atomic E-state index is 11.6. The quantitative estimate of drug-likeness (QED) is 0.495. The maximum Gasteiger partial charge on any atom is 0.319 e. The first kappa shape index (κ1) is 14.5. The molecule has 0 aliphatic rings. The molecule has 0 aliphatic heterocycles. The predicted octanol–water partition coefficient (Wildman–Crippen LogP) is -0.381. The molecule has 0 heterocycles. The molecule has 0 bridgehead atoms. The molecule has 1 unspecified atom stereocenters. The molecule has 0 fully saturated rings. The van der Waals surface area contributed by atoms with Gasteiger partial charge in [-0.25, -0.2) is 0 Å². The average Bonchev–Trinajstić information content (AvgIpc) is 2.31. The van der Waals surface area contributed by atoms with Crippen molar-refractivity contribution in [3.63, 3.8) is 0 Å². The number of hydrogen-bond acceptors (Lipinski definition) is 4. The lowest BCUT2D eigenvalue weighted by atomic mass is 10.2. The smallest absolute Gasteiger partial charge is 0.319 e. The molecule has 0 aliphatic carbocycles. The van der Waals surface area contributed by atoms with Crippen molar-refractivity contribution in [2.45, 2.75) is 19.9 Å². The van der Waals surface area contributed by atoms with Gasteiger partial charge in [-0.3, -0.25) is 14.5 Å². The third-order valence-corrected chi connectivity index (χ3v) is 2.26. The van der Waals surface area contributed by atoms with Crippen molar-refractivity contribution in [3.8, 4) is 12.3 Å². The SMILES string of the molecule is C#CCNC(=O)C(C)N(CC)CC(=O)OC. The van der Waals surface area contributed by atoms with Crippen LogP contribution in [0, 0.1) is 12.3 Å². The van der Waals surface area contributed by atoms with Crippen LogP contribution in [0.15, 0.2) is 0 Å². The van der Waals surface area contributed by atoms with Crippen LogP contribution in [0.2, 0.25) is 0 Å². The summed E-state index contributed by atoms with van der Waals surface area (Å²) in [5.74, 6) is 1.77. The number of amides is 1. The second-order valence-corrected chi connectivity index (χ2v) is 3.24. The molecule has 5 heteroatoms. The highest BCUT2D eigenvalue weighted by Gasteiger charge is 2.21. The van der Waals surface area contributed by atoms with Crippen LogP contribution in [0.1, 0.15) is 13.8 Å². The van der Waals surface area contributed by atoms with Crippen molar-refractivity contribution in [1.29, 1.82) is 0 Å². The summed E-state index contributed by atoms with van der Waals surface area (Å²) in [6.07, 6.45) is 5.04. The van der Waals surface area contributed by atoms with Gasteiger partial charge in [0, 0.05) is 0 Å². The number of likely N-dealkylation sites (N-methyl/N-ethyl adjacent to an activating group) is 1. The van der Waals surface area contributed by atoms with E-state index in [0.717, 1.165) is 0 Å². The summed E-state index contributed by atoms with van der Waals surface area (Å²) >= 11 is 0. The Morgan fingerprint density at radius 1 is 1.56 bits per heavy atom. The number of nitrogens with zero attached hydrogens (tertiary/aromatic N) is 1. The van der Waals surface area contributed by atoms with E-state index >= 15 is 0 Å². The first-order valence-electron chi connectivity index (χ1n) is 5.08. The lowest BCUT2D eigenvalue weighted by Crippen LogP contribution is -2.47. The van der Waals surface area contributed by atoms with E-state index < -0.39 is 6.04 Å². The fourth-order valence-corrected chi connectivity index (χ4v) is 1.20. The molecule has 16 heavy (non-hydrogen) atoms. The van der Waals surface area contributed by atoms with Gasteiger partial charge in [0.2, 0.25) is 5.91 Å². The number of terminal acetylenes is 1. The average molecular weight is 226 g/mol. The molecule has 0 saturated carbocycles. The lowest BCUT2D eigenvalue weighted by molar-refractivity contribution is -0.143. The van der Waals surface area contributed by atoms with Crippen molar-refractivity contribution < 1.29 is 14.3 Å². The highest BCUT2D eigenvalue weighted by molar-refractivity contribution is 5.82. The Kier molecular flexibility index (Phi) is 6.97. The summed E-state index contributed by atoms with van der Waals surface area (Å²) in [6, 6.07) is -0.405. The zero-order chi connectivity index (χ0) is 12.6. The van der Waals surface area contributed by atoms with Gasteiger partial charge in [-0.2, -0.15) is 0 Å². The minimum Gasteiger partial charge on any atom is -0.468 e. The van der Waals surface area contributed by atoms with Crippen LogP contribution in [-0.4, -0.2) is 49.6 Å². The number of carbonyl (C=O) groups excluding carboxylic acids is 2. The largest absolute Gasteiger partial charge is 0.468 e. The zero-order valence-corrected chi connectivity index (χ0v) is 9.95. The van der Waals surface area contributed by atoms with Crippen LogP contribution in [0.25, 0.3) is 0 Å². The van der Waals surface area contributed by atoms with E-state index in [1.54, 1.807) is 11.8 Å². The fourth-order valence-electron chi connectivity index (χ4n) is 1.20. The molecule has 1 N–H and O–H groups in total. The molecule has 0 aromatic rings. The number of nitrogens with one attached hydrogen (secondary N) is 1. The normalized spacial score (nSPS) is 11.7.